The highest BCUT2D eigenvalue weighted by atomic mass is 32.2. The zero-order valence-electron chi connectivity index (χ0n) is 9.38. The highest BCUT2D eigenvalue weighted by Gasteiger charge is 2.09. The molecule has 1 heterocycles. The quantitative estimate of drug-likeness (QED) is 0.849. The van der Waals surface area contributed by atoms with Crippen LogP contribution in [0, 0.1) is 5.82 Å². The minimum absolute atomic E-state index is 0.294. The lowest BCUT2D eigenvalue weighted by Gasteiger charge is -2.10. The molecule has 1 aromatic heterocycles. The van der Waals surface area contributed by atoms with Gasteiger partial charge in [-0.15, -0.1) is 0 Å². The molecule has 0 amide bonds. The van der Waals surface area contributed by atoms with Crippen LogP contribution in [0.1, 0.15) is 11.7 Å². The molecule has 0 aliphatic carbocycles. The predicted molar refractivity (Wildman–Crippen MR) is 65.3 cm³/mol. The normalized spacial score (nSPS) is 12.6. The molecule has 0 saturated carbocycles. The van der Waals surface area contributed by atoms with Crippen LogP contribution in [0.2, 0.25) is 0 Å². The number of hydrogen-bond donors (Lipinski definition) is 1. The van der Waals surface area contributed by atoms with E-state index in [1.165, 1.54) is 23.9 Å². The van der Waals surface area contributed by atoms with E-state index in [1.807, 2.05) is 17.8 Å². The van der Waals surface area contributed by atoms with Gasteiger partial charge in [-0.25, -0.2) is 9.37 Å². The number of halogens is 1. The van der Waals surface area contributed by atoms with Crippen molar-refractivity contribution in [1.29, 1.82) is 0 Å². The van der Waals surface area contributed by atoms with Crippen molar-refractivity contribution in [2.45, 2.75) is 11.3 Å². The van der Waals surface area contributed by atoms with Gasteiger partial charge < -0.3 is 9.67 Å². The molecule has 17 heavy (non-hydrogen) atoms. The van der Waals surface area contributed by atoms with E-state index in [0.29, 0.717) is 11.3 Å². The van der Waals surface area contributed by atoms with Crippen LogP contribution in [0.15, 0.2) is 41.8 Å². The van der Waals surface area contributed by atoms with E-state index in [4.69, 9.17) is 0 Å². The molecule has 3 nitrogen and oxygen atoms in total. The molecule has 0 aliphatic heterocycles. The summed E-state index contributed by atoms with van der Waals surface area (Å²) in [4.78, 5) is 4.15. The second kappa shape index (κ2) is 5.33. The summed E-state index contributed by atoms with van der Waals surface area (Å²) in [6, 6.07) is 5.89. The van der Waals surface area contributed by atoms with Gasteiger partial charge in [-0.05, 0) is 17.7 Å². The predicted octanol–water partition coefficient (Wildman–Crippen LogP) is 2.38. The second-order valence-corrected chi connectivity index (χ2v) is 4.69. The molecular formula is C12H13FN2OS. The summed E-state index contributed by atoms with van der Waals surface area (Å²) in [5, 5.41) is 10.8. The average Bonchev–Trinajstić information content (AvgIpc) is 2.73. The molecule has 1 aromatic carbocycles. The maximum absolute atomic E-state index is 12.7. The summed E-state index contributed by atoms with van der Waals surface area (Å²) in [6.07, 6.45) is 2.96. The molecule has 0 bridgehead atoms. The van der Waals surface area contributed by atoms with Crippen molar-refractivity contribution in [3.05, 3.63) is 48.0 Å². The van der Waals surface area contributed by atoms with Gasteiger partial charge in [0.15, 0.2) is 5.16 Å². The summed E-state index contributed by atoms with van der Waals surface area (Å²) in [6.45, 7) is 0. The zero-order chi connectivity index (χ0) is 12.3. The van der Waals surface area contributed by atoms with E-state index in [-0.39, 0.29) is 5.82 Å². The van der Waals surface area contributed by atoms with Crippen molar-refractivity contribution < 1.29 is 9.50 Å². The number of aryl methyl sites for hydroxylation is 1. The number of thioether (sulfide) groups is 1. The molecule has 2 rings (SSSR count). The third kappa shape index (κ3) is 3.08. The first-order chi connectivity index (χ1) is 8.16. The van der Waals surface area contributed by atoms with Crippen LogP contribution in [-0.2, 0) is 7.05 Å². The Morgan fingerprint density at radius 3 is 2.71 bits per heavy atom. The topological polar surface area (TPSA) is 38.0 Å². The number of rotatable bonds is 4. The number of hydrogen-bond acceptors (Lipinski definition) is 3. The molecule has 90 valence electrons. The zero-order valence-corrected chi connectivity index (χ0v) is 10.2. The van der Waals surface area contributed by atoms with Gasteiger partial charge in [0.25, 0.3) is 0 Å². The molecule has 1 N–H and O–H groups in total. The molecule has 0 radical (unpaired) electrons. The minimum atomic E-state index is -0.614. The van der Waals surface area contributed by atoms with Crippen LogP contribution in [0.4, 0.5) is 4.39 Å². The highest BCUT2D eigenvalue weighted by Crippen LogP contribution is 2.23. The maximum Gasteiger partial charge on any atom is 0.167 e. The molecular weight excluding hydrogens is 239 g/mol. The van der Waals surface area contributed by atoms with Crippen LogP contribution in [-0.4, -0.2) is 20.4 Å². The van der Waals surface area contributed by atoms with Gasteiger partial charge in [0, 0.05) is 25.2 Å². The lowest BCUT2D eigenvalue weighted by Crippen LogP contribution is -2.02. The third-order valence-electron chi connectivity index (χ3n) is 2.40. The lowest BCUT2D eigenvalue weighted by atomic mass is 10.1. The van der Waals surface area contributed by atoms with Gasteiger partial charge in [0.05, 0.1) is 6.10 Å². The Bertz CT molecular complexity index is 484. The van der Waals surface area contributed by atoms with E-state index in [1.54, 1.807) is 18.3 Å². The number of aliphatic hydroxyl groups is 1. The summed E-state index contributed by atoms with van der Waals surface area (Å²) >= 11 is 1.47. The van der Waals surface area contributed by atoms with Crippen LogP contribution in [0.5, 0.6) is 0 Å². The van der Waals surface area contributed by atoms with Gasteiger partial charge >= 0.3 is 0 Å². The Labute approximate surface area is 103 Å². The van der Waals surface area contributed by atoms with Gasteiger partial charge in [-0.2, -0.15) is 0 Å². The molecule has 2 aromatic rings. The second-order valence-electron chi connectivity index (χ2n) is 3.70. The van der Waals surface area contributed by atoms with E-state index >= 15 is 0 Å². The highest BCUT2D eigenvalue weighted by molar-refractivity contribution is 7.99. The van der Waals surface area contributed by atoms with Crippen LogP contribution in [0.25, 0.3) is 0 Å². The molecule has 1 atom stereocenters. The smallest absolute Gasteiger partial charge is 0.167 e. The molecule has 0 aliphatic rings. The molecule has 0 saturated heterocycles. The maximum atomic E-state index is 12.7. The summed E-state index contributed by atoms with van der Waals surface area (Å²) in [5.74, 6) is 0.203. The van der Waals surface area contributed by atoms with Gasteiger partial charge in [-0.1, -0.05) is 23.9 Å². The fourth-order valence-electron chi connectivity index (χ4n) is 1.43. The van der Waals surface area contributed by atoms with Crippen molar-refractivity contribution in [2.24, 2.45) is 7.05 Å². The van der Waals surface area contributed by atoms with Crippen molar-refractivity contribution in [3.8, 4) is 0 Å². The van der Waals surface area contributed by atoms with Gasteiger partial charge in [-0.3, -0.25) is 0 Å². The first-order valence-corrected chi connectivity index (χ1v) is 6.19. The Kier molecular flexibility index (Phi) is 3.81. The summed E-state index contributed by atoms with van der Waals surface area (Å²) in [5.41, 5.74) is 0.716. The Morgan fingerprint density at radius 1 is 1.41 bits per heavy atom. The first-order valence-electron chi connectivity index (χ1n) is 5.20. The summed E-state index contributed by atoms with van der Waals surface area (Å²) < 4.78 is 14.6. The van der Waals surface area contributed by atoms with E-state index in [9.17, 15) is 9.50 Å². The van der Waals surface area contributed by atoms with Crippen molar-refractivity contribution in [2.75, 3.05) is 5.75 Å². The number of nitrogens with zero attached hydrogens (tertiary/aromatic N) is 2. The Hall–Kier alpha value is -1.33. The van der Waals surface area contributed by atoms with Crippen LogP contribution < -0.4 is 0 Å². The molecule has 0 unspecified atom stereocenters. The van der Waals surface area contributed by atoms with Gasteiger partial charge in [0.1, 0.15) is 5.82 Å². The standard InChI is InChI=1S/C12H13FN2OS/c1-15-7-6-14-12(15)17-8-11(16)9-2-4-10(13)5-3-9/h2-7,11,16H,8H2,1H3/t11-/m1/s1. The van der Waals surface area contributed by atoms with E-state index < -0.39 is 6.10 Å². The van der Waals surface area contributed by atoms with Crippen molar-refractivity contribution in [1.82, 2.24) is 9.55 Å². The molecule has 0 spiro atoms. The van der Waals surface area contributed by atoms with Crippen molar-refractivity contribution in [3.63, 3.8) is 0 Å². The number of aromatic nitrogens is 2. The summed E-state index contributed by atoms with van der Waals surface area (Å²) in [7, 11) is 1.90. The monoisotopic (exact) mass is 252 g/mol. The Morgan fingerprint density at radius 2 is 2.12 bits per heavy atom. The van der Waals surface area contributed by atoms with Crippen molar-refractivity contribution >= 4 is 11.8 Å². The Balaban J connectivity index is 1.95. The largest absolute Gasteiger partial charge is 0.388 e. The number of benzene rings is 1. The lowest BCUT2D eigenvalue weighted by molar-refractivity contribution is 0.204. The first kappa shape index (κ1) is 12.1. The average molecular weight is 252 g/mol. The van der Waals surface area contributed by atoms with E-state index in [0.717, 1.165) is 5.16 Å². The van der Waals surface area contributed by atoms with E-state index in [2.05, 4.69) is 4.98 Å². The van der Waals surface area contributed by atoms with Crippen LogP contribution in [0.3, 0.4) is 0 Å². The van der Waals surface area contributed by atoms with Gasteiger partial charge in [0.2, 0.25) is 0 Å². The van der Waals surface area contributed by atoms with Crippen LogP contribution >= 0.6 is 11.8 Å². The molecule has 0 fully saturated rings. The minimum Gasteiger partial charge on any atom is -0.388 e. The fourth-order valence-corrected chi connectivity index (χ4v) is 2.32. The number of aliphatic hydroxyl groups excluding tert-OH is 1. The third-order valence-corrected chi connectivity index (χ3v) is 3.54. The molecule has 5 heteroatoms. The fraction of sp³-hybridized carbons (Fsp3) is 0.250. The number of imidazole rings is 1. The SMILES string of the molecule is Cn1ccnc1SC[C@@H](O)c1ccc(F)cc1.